The van der Waals surface area contributed by atoms with Crippen LogP contribution < -0.4 is 10.6 Å². The number of benzene rings is 1. The van der Waals surface area contributed by atoms with Crippen molar-refractivity contribution in [2.24, 2.45) is 4.99 Å². The summed E-state index contributed by atoms with van der Waals surface area (Å²) in [5.74, 6) is 0.697. The second kappa shape index (κ2) is 7.51. The second-order valence-electron chi connectivity index (χ2n) is 7.02. The van der Waals surface area contributed by atoms with Crippen molar-refractivity contribution in [3.63, 3.8) is 0 Å². The normalized spacial score (nSPS) is 23.3. The first-order valence-corrected chi connectivity index (χ1v) is 9.11. The summed E-state index contributed by atoms with van der Waals surface area (Å²) >= 11 is 0. The first-order chi connectivity index (χ1) is 11.7. The first-order valence-electron chi connectivity index (χ1n) is 9.11. The molecule has 1 atom stereocenters. The molecule has 1 aromatic carbocycles. The number of hydrogen-bond acceptors (Lipinski definition) is 2. The zero-order chi connectivity index (χ0) is 17.0. The standard InChI is InChI=1S/C19H29FN4/c1-3-24-11-5-8-17(24)13-22-18(21-2)23-14-19(9-10-19)15-6-4-7-16(20)12-15/h4,6-7,12,17H,3,5,8-11,13-14H2,1-2H3,(H2,21,22,23). The van der Waals surface area contributed by atoms with Crippen molar-refractivity contribution in [1.82, 2.24) is 15.5 Å². The molecule has 24 heavy (non-hydrogen) atoms. The van der Waals surface area contributed by atoms with Crippen molar-refractivity contribution in [3.8, 4) is 0 Å². The molecule has 0 aromatic heterocycles. The highest BCUT2D eigenvalue weighted by molar-refractivity contribution is 5.79. The van der Waals surface area contributed by atoms with Crippen molar-refractivity contribution in [2.75, 3.05) is 33.2 Å². The molecule has 0 bridgehead atoms. The summed E-state index contributed by atoms with van der Waals surface area (Å²) in [5, 5.41) is 6.91. The van der Waals surface area contributed by atoms with Gasteiger partial charge in [0.25, 0.3) is 0 Å². The van der Waals surface area contributed by atoms with Crippen LogP contribution in [-0.2, 0) is 5.41 Å². The molecule has 2 N–H and O–H groups in total. The van der Waals surface area contributed by atoms with Gasteiger partial charge in [-0.15, -0.1) is 0 Å². The molecule has 0 amide bonds. The van der Waals surface area contributed by atoms with Crippen molar-refractivity contribution in [2.45, 2.75) is 44.1 Å². The van der Waals surface area contributed by atoms with Crippen LogP contribution in [0.25, 0.3) is 0 Å². The maximum absolute atomic E-state index is 13.5. The molecule has 1 aliphatic carbocycles. The van der Waals surface area contributed by atoms with Crippen LogP contribution in [0, 0.1) is 5.82 Å². The fourth-order valence-corrected chi connectivity index (χ4v) is 3.77. The highest BCUT2D eigenvalue weighted by atomic mass is 19.1. The lowest BCUT2D eigenvalue weighted by Gasteiger charge is -2.24. The number of halogens is 1. The SMILES string of the molecule is CCN1CCCC1CNC(=NC)NCC1(c2cccc(F)c2)CC1. The zero-order valence-electron chi connectivity index (χ0n) is 14.8. The number of nitrogens with zero attached hydrogens (tertiary/aromatic N) is 2. The van der Waals surface area contributed by atoms with Gasteiger partial charge in [0.15, 0.2) is 5.96 Å². The Labute approximate surface area is 144 Å². The van der Waals surface area contributed by atoms with E-state index in [0.29, 0.717) is 6.04 Å². The highest BCUT2D eigenvalue weighted by Crippen LogP contribution is 2.47. The van der Waals surface area contributed by atoms with Gasteiger partial charge in [-0.05, 0) is 56.5 Å². The largest absolute Gasteiger partial charge is 0.356 e. The molecule has 3 rings (SSSR count). The molecular formula is C19H29FN4. The minimum Gasteiger partial charge on any atom is -0.356 e. The fraction of sp³-hybridized carbons (Fsp3) is 0.632. The Kier molecular flexibility index (Phi) is 5.39. The lowest BCUT2D eigenvalue weighted by Crippen LogP contribution is -2.46. The van der Waals surface area contributed by atoms with Crippen LogP contribution in [0.1, 0.15) is 38.2 Å². The van der Waals surface area contributed by atoms with Crippen molar-refractivity contribution in [1.29, 1.82) is 0 Å². The van der Waals surface area contributed by atoms with E-state index in [0.717, 1.165) is 44.0 Å². The van der Waals surface area contributed by atoms with Gasteiger partial charge in [-0.25, -0.2) is 4.39 Å². The van der Waals surface area contributed by atoms with Gasteiger partial charge in [0.05, 0.1) is 0 Å². The molecule has 1 saturated heterocycles. The quantitative estimate of drug-likeness (QED) is 0.621. The lowest BCUT2D eigenvalue weighted by molar-refractivity contribution is 0.267. The summed E-state index contributed by atoms with van der Waals surface area (Å²) in [7, 11) is 1.81. The van der Waals surface area contributed by atoms with Crippen molar-refractivity contribution < 1.29 is 4.39 Å². The molecule has 1 unspecified atom stereocenters. The van der Waals surface area contributed by atoms with E-state index in [4.69, 9.17) is 0 Å². The van der Waals surface area contributed by atoms with Crippen molar-refractivity contribution in [3.05, 3.63) is 35.6 Å². The van der Waals surface area contributed by atoms with E-state index in [2.05, 4.69) is 27.4 Å². The van der Waals surface area contributed by atoms with E-state index in [1.54, 1.807) is 12.1 Å². The third kappa shape index (κ3) is 3.89. The molecular weight excluding hydrogens is 303 g/mol. The van der Waals surface area contributed by atoms with Gasteiger partial charge >= 0.3 is 0 Å². The Morgan fingerprint density at radius 1 is 1.38 bits per heavy atom. The monoisotopic (exact) mass is 332 g/mol. The molecule has 1 saturated carbocycles. The van der Waals surface area contributed by atoms with Gasteiger partial charge in [0.2, 0.25) is 0 Å². The van der Waals surface area contributed by atoms with Gasteiger partial charge in [0.1, 0.15) is 5.82 Å². The third-order valence-electron chi connectivity index (χ3n) is 5.52. The Hall–Kier alpha value is -1.62. The van der Waals surface area contributed by atoms with Gasteiger partial charge in [-0.2, -0.15) is 0 Å². The number of hydrogen-bond donors (Lipinski definition) is 2. The molecule has 1 aromatic rings. The minimum atomic E-state index is -0.151. The predicted octanol–water partition coefficient (Wildman–Crippen LogP) is 2.51. The average molecular weight is 332 g/mol. The molecule has 2 aliphatic rings. The number of guanidine groups is 1. The Balaban J connectivity index is 1.51. The number of likely N-dealkylation sites (N-methyl/N-ethyl adjacent to an activating group) is 1. The fourth-order valence-electron chi connectivity index (χ4n) is 3.77. The average Bonchev–Trinajstić information content (AvgIpc) is 3.25. The Morgan fingerprint density at radius 2 is 2.21 bits per heavy atom. The summed E-state index contributed by atoms with van der Waals surface area (Å²) in [5.41, 5.74) is 1.17. The van der Waals surface area contributed by atoms with Crippen LogP contribution in [0.3, 0.4) is 0 Å². The number of nitrogens with one attached hydrogen (secondary N) is 2. The van der Waals surface area contributed by atoms with Crippen LogP contribution >= 0.6 is 0 Å². The van der Waals surface area contributed by atoms with Gasteiger partial charge in [-0.3, -0.25) is 9.89 Å². The summed E-state index contributed by atoms with van der Waals surface area (Å²) in [6, 6.07) is 7.62. The third-order valence-corrected chi connectivity index (χ3v) is 5.52. The van der Waals surface area contributed by atoms with Crippen LogP contribution in [0.4, 0.5) is 4.39 Å². The maximum atomic E-state index is 13.5. The van der Waals surface area contributed by atoms with Crippen LogP contribution in [0.2, 0.25) is 0 Å². The molecule has 1 heterocycles. The molecule has 0 spiro atoms. The zero-order valence-corrected chi connectivity index (χ0v) is 14.8. The van der Waals surface area contributed by atoms with E-state index in [1.165, 1.54) is 25.5 Å². The first kappa shape index (κ1) is 17.2. The summed E-state index contributed by atoms with van der Waals surface area (Å²) < 4.78 is 13.5. The van der Waals surface area contributed by atoms with Gasteiger partial charge in [0, 0.05) is 31.6 Å². The summed E-state index contributed by atoms with van der Waals surface area (Å²) in [6.07, 6.45) is 4.75. The van der Waals surface area contributed by atoms with E-state index < -0.39 is 0 Å². The van der Waals surface area contributed by atoms with E-state index in [-0.39, 0.29) is 11.2 Å². The summed E-state index contributed by atoms with van der Waals surface area (Å²) in [6.45, 7) is 6.28. The maximum Gasteiger partial charge on any atom is 0.191 e. The van der Waals surface area contributed by atoms with Crippen LogP contribution in [0.15, 0.2) is 29.3 Å². The van der Waals surface area contributed by atoms with Gasteiger partial charge in [-0.1, -0.05) is 19.1 Å². The predicted molar refractivity (Wildman–Crippen MR) is 96.9 cm³/mol. The van der Waals surface area contributed by atoms with Gasteiger partial charge < -0.3 is 10.6 Å². The van der Waals surface area contributed by atoms with Crippen LogP contribution in [0.5, 0.6) is 0 Å². The molecule has 0 radical (unpaired) electrons. The summed E-state index contributed by atoms with van der Waals surface area (Å²) in [4.78, 5) is 6.87. The molecule has 132 valence electrons. The molecule has 1 aliphatic heterocycles. The number of aliphatic imine (C=N–C) groups is 1. The molecule has 2 fully saturated rings. The van der Waals surface area contributed by atoms with Crippen LogP contribution in [-0.4, -0.2) is 50.1 Å². The highest BCUT2D eigenvalue weighted by Gasteiger charge is 2.44. The molecule has 4 nitrogen and oxygen atoms in total. The van der Waals surface area contributed by atoms with E-state index >= 15 is 0 Å². The second-order valence-corrected chi connectivity index (χ2v) is 7.02. The lowest BCUT2D eigenvalue weighted by atomic mass is 9.96. The Bertz CT molecular complexity index is 582. The minimum absolute atomic E-state index is 0.0720. The van der Waals surface area contributed by atoms with E-state index in [1.807, 2.05) is 13.1 Å². The number of rotatable bonds is 6. The van der Waals surface area contributed by atoms with Crippen molar-refractivity contribution >= 4 is 5.96 Å². The smallest absolute Gasteiger partial charge is 0.191 e. The number of likely N-dealkylation sites (tertiary alicyclic amines) is 1. The molecule has 5 heteroatoms. The van der Waals surface area contributed by atoms with E-state index in [9.17, 15) is 4.39 Å². The topological polar surface area (TPSA) is 39.7 Å². The Morgan fingerprint density at radius 3 is 2.88 bits per heavy atom.